The summed E-state index contributed by atoms with van der Waals surface area (Å²) in [5.41, 5.74) is 3.01. The maximum absolute atomic E-state index is 12.0. The largest absolute Gasteiger partial charge is 0.497 e. The molecule has 1 aromatic heterocycles. The van der Waals surface area contributed by atoms with Gasteiger partial charge in [0.1, 0.15) is 12.3 Å². The minimum atomic E-state index is -0.472. The third-order valence-electron chi connectivity index (χ3n) is 4.43. The molecule has 29 heavy (non-hydrogen) atoms. The monoisotopic (exact) mass is 393 g/mol. The minimum absolute atomic E-state index is 0.170. The highest BCUT2D eigenvalue weighted by atomic mass is 16.5. The van der Waals surface area contributed by atoms with E-state index in [4.69, 9.17) is 9.47 Å². The van der Waals surface area contributed by atoms with Gasteiger partial charge >= 0.3 is 12.0 Å². The lowest BCUT2D eigenvalue weighted by Crippen LogP contribution is -2.38. The summed E-state index contributed by atoms with van der Waals surface area (Å²) in [7, 11) is 1.64. The minimum Gasteiger partial charge on any atom is -0.497 e. The van der Waals surface area contributed by atoms with Crippen LogP contribution in [0.1, 0.15) is 12.5 Å². The predicted octanol–water partition coefficient (Wildman–Crippen LogP) is 3.27. The molecule has 0 fully saturated rings. The van der Waals surface area contributed by atoms with E-state index in [1.807, 2.05) is 42.5 Å². The summed E-state index contributed by atoms with van der Waals surface area (Å²) in [5.74, 6) is 0.314. The van der Waals surface area contributed by atoms with E-state index in [0.29, 0.717) is 6.54 Å². The van der Waals surface area contributed by atoms with Crippen LogP contribution in [0.15, 0.2) is 54.9 Å². The van der Waals surface area contributed by atoms with Crippen LogP contribution in [0.5, 0.6) is 5.75 Å². The van der Waals surface area contributed by atoms with Crippen molar-refractivity contribution >= 4 is 22.8 Å². The molecule has 0 spiro atoms. The SMILES string of the molecule is CCOC(=O)CNC(=O)NCc1ccc(-c2cccc(OC)c2)c2ccncc12. The van der Waals surface area contributed by atoms with Gasteiger partial charge in [-0.1, -0.05) is 24.3 Å². The molecular formula is C22H23N3O4. The van der Waals surface area contributed by atoms with Crippen molar-refractivity contribution in [3.8, 4) is 16.9 Å². The first kappa shape index (κ1) is 20.1. The first-order valence-electron chi connectivity index (χ1n) is 9.29. The van der Waals surface area contributed by atoms with Crippen molar-refractivity contribution in [3.63, 3.8) is 0 Å². The molecule has 2 aromatic carbocycles. The van der Waals surface area contributed by atoms with Gasteiger partial charge in [0, 0.05) is 24.3 Å². The third-order valence-corrected chi connectivity index (χ3v) is 4.43. The van der Waals surface area contributed by atoms with E-state index in [-0.39, 0.29) is 13.2 Å². The zero-order valence-corrected chi connectivity index (χ0v) is 16.4. The van der Waals surface area contributed by atoms with E-state index in [1.54, 1.807) is 26.4 Å². The highest BCUT2D eigenvalue weighted by Crippen LogP contribution is 2.32. The van der Waals surface area contributed by atoms with E-state index in [1.165, 1.54) is 0 Å². The Bertz CT molecular complexity index is 1020. The molecule has 0 aliphatic heterocycles. The highest BCUT2D eigenvalue weighted by Gasteiger charge is 2.10. The number of benzene rings is 2. The molecule has 150 valence electrons. The average molecular weight is 393 g/mol. The van der Waals surface area contributed by atoms with Gasteiger partial charge in [0.05, 0.1) is 13.7 Å². The van der Waals surface area contributed by atoms with Gasteiger partial charge in [-0.05, 0) is 47.2 Å². The summed E-state index contributed by atoms with van der Waals surface area (Å²) in [6.07, 6.45) is 3.53. The number of amides is 2. The summed E-state index contributed by atoms with van der Waals surface area (Å²) in [4.78, 5) is 27.5. The number of nitrogens with zero attached hydrogens (tertiary/aromatic N) is 1. The second-order valence-electron chi connectivity index (χ2n) is 6.27. The van der Waals surface area contributed by atoms with Crippen molar-refractivity contribution in [1.82, 2.24) is 15.6 Å². The first-order chi connectivity index (χ1) is 14.1. The average Bonchev–Trinajstić information content (AvgIpc) is 2.76. The van der Waals surface area contributed by atoms with Gasteiger partial charge in [0.25, 0.3) is 0 Å². The number of hydrogen-bond acceptors (Lipinski definition) is 5. The van der Waals surface area contributed by atoms with E-state index in [0.717, 1.165) is 33.2 Å². The van der Waals surface area contributed by atoms with Crippen LogP contribution in [0.25, 0.3) is 21.9 Å². The second kappa shape index (κ2) is 9.54. The van der Waals surface area contributed by atoms with Crippen molar-refractivity contribution in [2.45, 2.75) is 13.5 Å². The first-order valence-corrected chi connectivity index (χ1v) is 9.29. The quantitative estimate of drug-likeness (QED) is 0.602. The van der Waals surface area contributed by atoms with E-state index in [9.17, 15) is 9.59 Å². The number of esters is 1. The number of ether oxygens (including phenoxy) is 2. The zero-order valence-electron chi connectivity index (χ0n) is 16.4. The van der Waals surface area contributed by atoms with Gasteiger partial charge in [-0.15, -0.1) is 0 Å². The van der Waals surface area contributed by atoms with Crippen molar-refractivity contribution in [1.29, 1.82) is 0 Å². The number of aromatic nitrogens is 1. The summed E-state index contributed by atoms with van der Waals surface area (Å²) in [5, 5.41) is 7.21. The lowest BCUT2D eigenvalue weighted by Gasteiger charge is -2.13. The molecule has 0 bridgehead atoms. The predicted molar refractivity (Wildman–Crippen MR) is 111 cm³/mol. The smallest absolute Gasteiger partial charge is 0.325 e. The van der Waals surface area contributed by atoms with Gasteiger partial charge in [0.15, 0.2) is 0 Å². The maximum Gasteiger partial charge on any atom is 0.325 e. The molecule has 3 aromatic rings. The van der Waals surface area contributed by atoms with Crippen LogP contribution in [-0.4, -0.2) is 37.2 Å². The molecule has 0 aliphatic rings. The number of methoxy groups -OCH3 is 1. The normalized spacial score (nSPS) is 10.4. The fraction of sp³-hybridized carbons (Fsp3) is 0.227. The Balaban J connectivity index is 1.78. The van der Waals surface area contributed by atoms with Crippen LogP contribution in [0.3, 0.4) is 0 Å². The molecule has 7 nitrogen and oxygen atoms in total. The molecule has 2 N–H and O–H groups in total. The molecule has 7 heteroatoms. The number of carbonyl (C=O) groups excluding carboxylic acids is 2. The van der Waals surface area contributed by atoms with Crippen molar-refractivity contribution in [3.05, 3.63) is 60.4 Å². The molecule has 0 radical (unpaired) electrons. The fourth-order valence-corrected chi connectivity index (χ4v) is 3.05. The Morgan fingerprint density at radius 3 is 2.72 bits per heavy atom. The lowest BCUT2D eigenvalue weighted by molar-refractivity contribution is -0.141. The van der Waals surface area contributed by atoms with Crippen molar-refractivity contribution in [2.24, 2.45) is 0 Å². The molecule has 2 amide bonds. The molecule has 0 atom stereocenters. The molecule has 0 saturated heterocycles. The maximum atomic E-state index is 12.0. The highest BCUT2D eigenvalue weighted by molar-refractivity contribution is 5.98. The van der Waals surface area contributed by atoms with Gasteiger partial charge < -0.3 is 20.1 Å². The number of pyridine rings is 1. The number of hydrogen-bond donors (Lipinski definition) is 2. The van der Waals surface area contributed by atoms with Gasteiger partial charge in [-0.25, -0.2) is 4.79 Å². The lowest BCUT2D eigenvalue weighted by atomic mass is 9.96. The van der Waals surface area contributed by atoms with E-state index in [2.05, 4.69) is 15.6 Å². The number of carbonyl (C=O) groups is 2. The summed E-state index contributed by atoms with van der Waals surface area (Å²) >= 11 is 0. The Kier molecular flexibility index (Phi) is 6.63. The van der Waals surface area contributed by atoms with Crippen LogP contribution in [0.2, 0.25) is 0 Å². The molecule has 0 unspecified atom stereocenters. The van der Waals surface area contributed by atoms with Crippen LogP contribution < -0.4 is 15.4 Å². The number of fused-ring (bicyclic) bond motifs is 1. The topological polar surface area (TPSA) is 89.5 Å². The molecule has 0 saturated carbocycles. The van der Waals surface area contributed by atoms with Crippen molar-refractivity contribution in [2.75, 3.05) is 20.3 Å². The van der Waals surface area contributed by atoms with Crippen LogP contribution in [-0.2, 0) is 16.1 Å². The van der Waals surface area contributed by atoms with E-state index < -0.39 is 12.0 Å². The van der Waals surface area contributed by atoms with Crippen LogP contribution >= 0.6 is 0 Å². The summed E-state index contributed by atoms with van der Waals surface area (Å²) in [6.45, 7) is 2.12. The molecule has 1 heterocycles. The van der Waals surface area contributed by atoms with Gasteiger partial charge in [-0.2, -0.15) is 0 Å². The zero-order chi connectivity index (χ0) is 20.6. The van der Waals surface area contributed by atoms with Crippen molar-refractivity contribution < 1.29 is 19.1 Å². The Hall–Kier alpha value is -3.61. The van der Waals surface area contributed by atoms with Gasteiger partial charge in [-0.3, -0.25) is 9.78 Å². The molecule has 3 rings (SSSR count). The standard InChI is InChI=1S/C22H23N3O4/c1-3-29-21(26)14-25-22(27)24-12-16-7-8-18(19-9-10-23-13-20(16)19)15-5-4-6-17(11-15)28-2/h4-11,13H,3,12,14H2,1-2H3,(H2,24,25,27). The Labute approximate surface area is 169 Å². The molecule has 0 aliphatic carbocycles. The second-order valence-corrected chi connectivity index (χ2v) is 6.27. The number of rotatable bonds is 7. The Morgan fingerprint density at radius 1 is 1.07 bits per heavy atom. The molecular weight excluding hydrogens is 370 g/mol. The van der Waals surface area contributed by atoms with Crippen LogP contribution in [0.4, 0.5) is 4.79 Å². The van der Waals surface area contributed by atoms with E-state index >= 15 is 0 Å². The Morgan fingerprint density at radius 2 is 1.93 bits per heavy atom. The summed E-state index contributed by atoms with van der Waals surface area (Å²) < 4.78 is 10.1. The van der Waals surface area contributed by atoms with Crippen LogP contribution in [0, 0.1) is 0 Å². The number of nitrogens with one attached hydrogen (secondary N) is 2. The fourth-order valence-electron chi connectivity index (χ4n) is 3.05. The van der Waals surface area contributed by atoms with Gasteiger partial charge in [0.2, 0.25) is 0 Å². The summed E-state index contributed by atoms with van der Waals surface area (Å²) in [6, 6.07) is 13.4. The third kappa shape index (κ3) is 5.01. The number of urea groups is 1.